The van der Waals surface area contributed by atoms with Crippen LogP contribution in [0.1, 0.15) is 100 Å². The fourth-order valence-corrected chi connectivity index (χ4v) is 8.13. The van der Waals surface area contributed by atoms with Gasteiger partial charge in [0, 0.05) is 47.7 Å². The van der Waals surface area contributed by atoms with E-state index in [2.05, 4.69) is 57.3 Å². The Bertz CT molecular complexity index is 1500. The Hall–Kier alpha value is -3.45. The average molecular weight is 615 g/mol. The number of benzene rings is 2. The van der Waals surface area contributed by atoms with Gasteiger partial charge in [0.25, 0.3) is 0 Å². The zero-order valence-electron chi connectivity index (χ0n) is 27.8. The predicted molar refractivity (Wildman–Crippen MR) is 186 cm³/mol. The van der Waals surface area contributed by atoms with E-state index in [-0.39, 0.29) is 11.8 Å². The largest absolute Gasteiger partial charge is 0.496 e. The molecule has 0 radical (unpaired) electrons. The standard InChI is InChI=1S/C19H26N2O2.C19H28N2O/c1-20-18(22)11-14(13-7-4-3-5-8-13)15-12-21-16-9-6-10-17(23-2)19(15)16;1-20-12-11-15(14-7-4-3-5-8-14)16-13-21-17-9-6-10-18(22-2)19(16)17/h6,9-10,12-14,21H,3-5,7-8,11H2,1-2H3,(H,20,22);6,9-10,13-15,20-21H,3-5,7-8,11-12H2,1-2H3. The Morgan fingerprint density at radius 1 is 0.756 bits per heavy atom. The number of aromatic amines is 2. The van der Waals surface area contributed by atoms with E-state index in [0.29, 0.717) is 18.3 Å². The molecule has 6 rings (SSSR count). The van der Waals surface area contributed by atoms with Crippen LogP contribution in [0.2, 0.25) is 0 Å². The number of carbonyl (C=O) groups excluding carboxylic acids is 1. The molecule has 2 unspecified atom stereocenters. The first-order valence-electron chi connectivity index (χ1n) is 17.2. The highest BCUT2D eigenvalue weighted by Crippen LogP contribution is 2.44. The number of hydrogen-bond acceptors (Lipinski definition) is 4. The van der Waals surface area contributed by atoms with E-state index in [1.54, 1.807) is 21.3 Å². The summed E-state index contributed by atoms with van der Waals surface area (Å²) in [6.07, 6.45) is 19.3. The van der Waals surface area contributed by atoms with Crippen molar-refractivity contribution in [3.05, 3.63) is 59.9 Å². The minimum absolute atomic E-state index is 0.116. The van der Waals surface area contributed by atoms with E-state index in [9.17, 15) is 4.79 Å². The van der Waals surface area contributed by atoms with Gasteiger partial charge >= 0.3 is 0 Å². The third-order valence-corrected chi connectivity index (χ3v) is 10.5. The molecule has 2 fully saturated rings. The van der Waals surface area contributed by atoms with Crippen LogP contribution >= 0.6 is 0 Å². The molecule has 7 heteroatoms. The molecule has 2 aliphatic rings. The lowest BCUT2D eigenvalue weighted by Crippen LogP contribution is -2.25. The summed E-state index contributed by atoms with van der Waals surface area (Å²) < 4.78 is 11.2. The van der Waals surface area contributed by atoms with Gasteiger partial charge in [-0.15, -0.1) is 0 Å². The molecule has 2 aromatic heterocycles. The van der Waals surface area contributed by atoms with Crippen molar-refractivity contribution in [2.75, 3.05) is 34.9 Å². The van der Waals surface area contributed by atoms with Crippen LogP contribution in [0.4, 0.5) is 0 Å². The molecule has 0 spiro atoms. The molecule has 45 heavy (non-hydrogen) atoms. The topological polar surface area (TPSA) is 91.2 Å². The SMILES string of the molecule is CNC(=O)CC(c1c[nH]c2cccc(OC)c12)C1CCCCC1.CNCCC(c1c[nH]c2cccc(OC)c12)C1CCCCC1. The van der Waals surface area contributed by atoms with Crippen molar-refractivity contribution in [2.24, 2.45) is 11.8 Å². The molecule has 244 valence electrons. The van der Waals surface area contributed by atoms with Crippen molar-refractivity contribution in [2.45, 2.75) is 88.9 Å². The lowest BCUT2D eigenvalue weighted by atomic mass is 9.75. The second-order valence-corrected chi connectivity index (χ2v) is 13.0. The highest BCUT2D eigenvalue weighted by Gasteiger charge is 2.30. The Morgan fingerprint density at radius 3 is 1.71 bits per heavy atom. The zero-order chi connectivity index (χ0) is 31.6. The molecule has 7 nitrogen and oxygen atoms in total. The third-order valence-electron chi connectivity index (χ3n) is 10.5. The number of carbonyl (C=O) groups is 1. The number of amides is 1. The van der Waals surface area contributed by atoms with Crippen molar-refractivity contribution in [3.8, 4) is 11.5 Å². The molecule has 2 heterocycles. The van der Waals surface area contributed by atoms with Crippen LogP contribution in [0.5, 0.6) is 11.5 Å². The molecule has 0 saturated heterocycles. The summed E-state index contributed by atoms with van der Waals surface area (Å²) in [7, 11) is 7.25. The molecule has 1 amide bonds. The van der Waals surface area contributed by atoms with Crippen LogP contribution in [0.3, 0.4) is 0 Å². The first-order valence-corrected chi connectivity index (χ1v) is 17.2. The van der Waals surface area contributed by atoms with Gasteiger partial charge in [-0.05, 0) is 105 Å². The molecule has 4 N–H and O–H groups in total. The van der Waals surface area contributed by atoms with Gasteiger partial charge in [0.2, 0.25) is 5.91 Å². The maximum absolute atomic E-state index is 12.1. The Labute approximate surface area is 269 Å². The second-order valence-electron chi connectivity index (χ2n) is 13.0. The summed E-state index contributed by atoms with van der Waals surface area (Å²) in [5.41, 5.74) is 4.96. The third kappa shape index (κ3) is 7.69. The Morgan fingerprint density at radius 2 is 1.24 bits per heavy atom. The number of rotatable bonds is 11. The lowest BCUT2D eigenvalue weighted by Gasteiger charge is -2.30. The lowest BCUT2D eigenvalue weighted by molar-refractivity contribution is -0.121. The zero-order valence-corrected chi connectivity index (χ0v) is 27.8. The number of aromatic nitrogens is 2. The van der Waals surface area contributed by atoms with E-state index < -0.39 is 0 Å². The fraction of sp³-hybridized carbons (Fsp3) is 0.553. The summed E-state index contributed by atoms with van der Waals surface area (Å²) >= 11 is 0. The molecule has 2 aliphatic carbocycles. The van der Waals surface area contributed by atoms with E-state index >= 15 is 0 Å². The van der Waals surface area contributed by atoms with Crippen molar-refractivity contribution in [3.63, 3.8) is 0 Å². The summed E-state index contributed by atoms with van der Waals surface area (Å²) in [4.78, 5) is 18.9. The van der Waals surface area contributed by atoms with Crippen LogP contribution in [0.15, 0.2) is 48.8 Å². The number of fused-ring (bicyclic) bond motifs is 2. The molecule has 2 atom stereocenters. The average Bonchev–Trinajstić information content (AvgIpc) is 3.73. The van der Waals surface area contributed by atoms with Crippen molar-refractivity contribution in [1.82, 2.24) is 20.6 Å². The number of hydrogen-bond donors (Lipinski definition) is 4. The fourth-order valence-electron chi connectivity index (χ4n) is 8.13. The van der Waals surface area contributed by atoms with E-state index in [1.807, 2.05) is 19.2 Å². The molecule has 2 saturated carbocycles. The quantitative estimate of drug-likeness (QED) is 0.136. The molecule has 0 aliphatic heterocycles. The van der Waals surface area contributed by atoms with Crippen LogP contribution in [-0.4, -0.2) is 50.7 Å². The highest BCUT2D eigenvalue weighted by molar-refractivity contribution is 5.91. The van der Waals surface area contributed by atoms with Crippen LogP contribution < -0.4 is 20.1 Å². The summed E-state index contributed by atoms with van der Waals surface area (Å²) in [6.45, 7) is 1.07. The maximum atomic E-state index is 12.1. The molecule has 4 aromatic rings. The summed E-state index contributed by atoms with van der Waals surface area (Å²) in [5.74, 6) is 4.26. The Balaban J connectivity index is 0.000000178. The minimum Gasteiger partial charge on any atom is -0.496 e. The van der Waals surface area contributed by atoms with Crippen LogP contribution in [0.25, 0.3) is 21.8 Å². The van der Waals surface area contributed by atoms with Crippen molar-refractivity contribution < 1.29 is 14.3 Å². The molecular formula is C38H54N4O3. The number of ether oxygens (including phenoxy) is 2. The van der Waals surface area contributed by atoms with Crippen LogP contribution in [-0.2, 0) is 4.79 Å². The normalized spacial score (nSPS) is 17.4. The van der Waals surface area contributed by atoms with Gasteiger partial charge in [0.15, 0.2) is 0 Å². The summed E-state index contributed by atoms with van der Waals surface area (Å²) in [5, 5.41) is 8.55. The number of nitrogens with one attached hydrogen (secondary N) is 4. The van der Waals surface area contributed by atoms with Gasteiger partial charge in [-0.3, -0.25) is 4.79 Å². The van der Waals surface area contributed by atoms with Gasteiger partial charge in [0.1, 0.15) is 11.5 Å². The number of methoxy groups -OCH3 is 2. The first-order chi connectivity index (χ1) is 22.1. The van der Waals surface area contributed by atoms with Gasteiger partial charge in [-0.2, -0.15) is 0 Å². The van der Waals surface area contributed by atoms with E-state index in [1.165, 1.54) is 92.7 Å². The molecule has 2 aromatic carbocycles. The smallest absolute Gasteiger partial charge is 0.220 e. The van der Waals surface area contributed by atoms with Crippen LogP contribution in [0, 0.1) is 11.8 Å². The van der Waals surface area contributed by atoms with Gasteiger partial charge < -0.3 is 30.1 Å². The van der Waals surface area contributed by atoms with E-state index in [0.717, 1.165) is 34.9 Å². The van der Waals surface area contributed by atoms with Crippen molar-refractivity contribution in [1.29, 1.82) is 0 Å². The maximum Gasteiger partial charge on any atom is 0.220 e. The minimum atomic E-state index is 0.116. The highest BCUT2D eigenvalue weighted by atomic mass is 16.5. The van der Waals surface area contributed by atoms with E-state index in [4.69, 9.17) is 9.47 Å². The molecular weight excluding hydrogens is 560 g/mol. The Kier molecular flexibility index (Phi) is 11.9. The first kappa shape index (κ1) is 32.9. The van der Waals surface area contributed by atoms with Gasteiger partial charge in [-0.25, -0.2) is 0 Å². The molecule has 0 bridgehead atoms. The van der Waals surface area contributed by atoms with Gasteiger partial charge in [-0.1, -0.05) is 50.7 Å². The van der Waals surface area contributed by atoms with Crippen molar-refractivity contribution >= 4 is 27.7 Å². The predicted octanol–water partition coefficient (Wildman–Crippen LogP) is 8.43. The second kappa shape index (κ2) is 16.2. The monoisotopic (exact) mass is 614 g/mol. The summed E-state index contributed by atoms with van der Waals surface area (Å²) in [6, 6.07) is 12.4. The number of H-pyrrole nitrogens is 2. The van der Waals surface area contributed by atoms with Gasteiger partial charge in [0.05, 0.1) is 14.2 Å².